The fraction of sp³-hybridized carbons (Fsp3) is 0.417. The van der Waals surface area contributed by atoms with Crippen molar-refractivity contribution in [3.8, 4) is 5.75 Å². The molecule has 0 heterocycles. The second kappa shape index (κ2) is 10.6. The molecule has 0 radical (unpaired) electrons. The van der Waals surface area contributed by atoms with Crippen molar-refractivity contribution in [3.63, 3.8) is 0 Å². The number of hydrogen-bond donors (Lipinski definition) is 1. The Balaban J connectivity index is 1.98. The zero-order valence-corrected chi connectivity index (χ0v) is 18.0. The molecule has 0 aromatic heterocycles. The third kappa shape index (κ3) is 6.63. The van der Waals surface area contributed by atoms with E-state index >= 15 is 0 Å². The Morgan fingerprint density at radius 3 is 2.34 bits per heavy atom. The summed E-state index contributed by atoms with van der Waals surface area (Å²) < 4.78 is 11.1. The summed E-state index contributed by atoms with van der Waals surface area (Å²) in [5.41, 5.74) is 3.22. The average molecular weight is 398 g/mol. The second-order valence-corrected chi connectivity index (χ2v) is 7.51. The molecule has 2 aromatic carbocycles. The molecular formula is C24H31NO4. The highest BCUT2D eigenvalue weighted by atomic mass is 16.5. The lowest BCUT2D eigenvalue weighted by atomic mass is 10.0. The summed E-state index contributed by atoms with van der Waals surface area (Å²) in [5, 5.41) is 2.83. The highest BCUT2D eigenvalue weighted by Crippen LogP contribution is 2.28. The van der Waals surface area contributed by atoms with Gasteiger partial charge in [0.1, 0.15) is 5.75 Å². The van der Waals surface area contributed by atoms with E-state index in [1.54, 1.807) is 31.2 Å². The van der Waals surface area contributed by atoms with Gasteiger partial charge in [0, 0.05) is 5.69 Å². The number of ether oxygens (including phenoxy) is 2. The molecule has 2 rings (SSSR count). The minimum absolute atomic E-state index is 0.250. The fourth-order valence-electron chi connectivity index (χ4n) is 2.79. The van der Waals surface area contributed by atoms with Gasteiger partial charge in [-0.05, 0) is 67.6 Å². The first-order chi connectivity index (χ1) is 13.8. The van der Waals surface area contributed by atoms with Crippen LogP contribution in [0.4, 0.5) is 5.69 Å². The van der Waals surface area contributed by atoms with Crippen LogP contribution >= 0.6 is 0 Å². The summed E-state index contributed by atoms with van der Waals surface area (Å²) in [6.07, 6.45) is 1.16. The number of nitrogens with one attached hydrogen (secondary N) is 1. The van der Waals surface area contributed by atoms with E-state index in [4.69, 9.17) is 9.47 Å². The van der Waals surface area contributed by atoms with E-state index in [9.17, 15) is 9.59 Å². The van der Waals surface area contributed by atoms with Crippen LogP contribution < -0.4 is 10.1 Å². The van der Waals surface area contributed by atoms with E-state index in [1.165, 1.54) is 0 Å². The van der Waals surface area contributed by atoms with Gasteiger partial charge in [-0.3, -0.25) is 4.79 Å². The van der Waals surface area contributed by atoms with Crippen LogP contribution in [0.3, 0.4) is 0 Å². The number of anilines is 1. The van der Waals surface area contributed by atoms with Crippen molar-refractivity contribution in [2.24, 2.45) is 0 Å². The van der Waals surface area contributed by atoms with Crippen molar-refractivity contribution in [1.82, 2.24) is 0 Å². The second-order valence-electron chi connectivity index (χ2n) is 7.51. The van der Waals surface area contributed by atoms with Gasteiger partial charge < -0.3 is 14.8 Å². The maximum absolute atomic E-state index is 12.5. The minimum atomic E-state index is -0.659. The van der Waals surface area contributed by atoms with Crippen LogP contribution in [-0.4, -0.2) is 24.6 Å². The van der Waals surface area contributed by atoms with Crippen molar-refractivity contribution >= 4 is 17.6 Å². The van der Waals surface area contributed by atoms with Crippen molar-refractivity contribution in [1.29, 1.82) is 0 Å². The van der Waals surface area contributed by atoms with Gasteiger partial charge in [0.25, 0.3) is 5.91 Å². The summed E-state index contributed by atoms with van der Waals surface area (Å²) in [5.74, 6) is 0.423. The molecule has 1 atom stereocenters. The van der Waals surface area contributed by atoms with Crippen LogP contribution in [0.2, 0.25) is 0 Å². The number of hydrogen-bond acceptors (Lipinski definition) is 4. The van der Waals surface area contributed by atoms with Gasteiger partial charge in [-0.15, -0.1) is 0 Å². The lowest BCUT2D eigenvalue weighted by Crippen LogP contribution is -2.30. The fourth-order valence-corrected chi connectivity index (χ4v) is 2.79. The molecule has 0 aliphatic carbocycles. The number of amides is 1. The highest BCUT2D eigenvalue weighted by Gasteiger charge is 2.18. The van der Waals surface area contributed by atoms with Crippen LogP contribution in [-0.2, 0) is 9.53 Å². The number of carbonyl (C=O) groups excluding carboxylic acids is 2. The number of unbranched alkanes of at least 4 members (excludes halogenated alkanes) is 1. The van der Waals surface area contributed by atoms with E-state index < -0.39 is 6.10 Å². The number of rotatable bonds is 9. The topological polar surface area (TPSA) is 64.6 Å². The average Bonchev–Trinajstić information content (AvgIpc) is 2.68. The quantitative estimate of drug-likeness (QED) is 0.449. The van der Waals surface area contributed by atoms with Crippen LogP contribution in [0.5, 0.6) is 5.75 Å². The van der Waals surface area contributed by atoms with Crippen LogP contribution in [0.25, 0.3) is 0 Å². The predicted octanol–water partition coefficient (Wildman–Crippen LogP) is 5.48. The lowest BCUT2D eigenvalue weighted by Gasteiger charge is -2.19. The van der Waals surface area contributed by atoms with Crippen molar-refractivity contribution in [2.45, 2.75) is 59.5 Å². The van der Waals surface area contributed by atoms with Crippen LogP contribution in [0.1, 0.15) is 67.9 Å². The molecule has 0 aliphatic rings. The van der Waals surface area contributed by atoms with Gasteiger partial charge in [0.15, 0.2) is 6.10 Å². The zero-order chi connectivity index (χ0) is 21.4. The van der Waals surface area contributed by atoms with Crippen molar-refractivity contribution in [2.75, 3.05) is 11.9 Å². The first kappa shape index (κ1) is 22.5. The van der Waals surface area contributed by atoms with Crippen molar-refractivity contribution in [3.05, 3.63) is 59.2 Å². The first-order valence-corrected chi connectivity index (χ1v) is 10.2. The zero-order valence-electron chi connectivity index (χ0n) is 18.0. The van der Waals surface area contributed by atoms with Gasteiger partial charge in [-0.1, -0.05) is 39.3 Å². The third-order valence-electron chi connectivity index (χ3n) is 4.58. The summed E-state index contributed by atoms with van der Waals surface area (Å²) in [7, 11) is 0. The Hall–Kier alpha value is -2.82. The molecule has 1 N–H and O–H groups in total. The molecule has 5 heteroatoms. The van der Waals surface area contributed by atoms with E-state index in [1.807, 2.05) is 32.0 Å². The maximum atomic E-state index is 12.5. The van der Waals surface area contributed by atoms with E-state index in [0.717, 1.165) is 29.7 Å². The SMILES string of the molecule is CCCCOC(=O)c1ccc(NC(=O)[C@H](C)Oc2cc(C)ccc2C(C)C)cc1. The molecule has 2 aromatic rings. The first-order valence-electron chi connectivity index (χ1n) is 10.2. The summed E-state index contributed by atoms with van der Waals surface area (Å²) in [6.45, 7) is 10.4. The molecule has 1 amide bonds. The van der Waals surface area contributed by atoms with Gasteiger partial charge in [-0.2, -0.15) is 0 Å². The molecular weight excluding hydrogens is 366 g/mol. The predicted molar refractivity (Wildman–Crippen MR) is 116 cm³/mol. The Kier molecular flexibility index (Phi) is 8.25. The van der Waals surface area contributed by atoms with E-state index in [-0.39, 0.29) is 11.9 Å². The molecule has 5 nitrogen and oxygen atoms in total. The number of benzene rings is 2. The monoisotopic (exact) mass is 397 g/mol. The molecule has 0 saturated carbocycles. The van der Waals surface area contributed by atoms with Crippen molar-refractivity contribution < 1.29 is 19.1 Å². The Morgan fingerprint density at radius 1 is 1.03 bits per heavy atom. The van der Waals surface area contributed by atoms with E-state index in [0.29, 0.717) is 23.8 Å². The highest BCUT2D eigenvalue weighted by molar-refractivity contribution is 5.95. The summed E-state index contributed by atoms with van der Waals surface area (Å²) in [6, 6.07) is 12.7. The summed E-state index contributed by atoms with van der Waals surface area (Å²) in [4.78, 5) is 24.5. The minimum Gasteiger partial charge on any atom is -0.481 e. The molecule has 0 unspecified atom stereocenters. The maximum Gasteiger partial charge on any atom is 0.338 e. The van der Waals surface area contributed by atoms with Gasteiger partial charge in [0.05, 0.1) is 12.2 Å². The normalized spacial score (nSPS) is 11.8. The lowest BCUT2D eigenvalue weighted by molar-refractivity contribution is -0.122. The largest absolute Gasteiger partial charge is 0.481 e. The number of aryl methyl sites for hydroxylation is 1. The molecule has 0 saturated heterocycles. The van der Waals surface area contributed by atoms with Gasteiger partial charge >= 0.3 is 5.97 Å². The van der Waals surface area contributed by atoms with E-state index in [2.05, 4.69) is 19.2 Å². The molecule has 0 fully saturated rings. The number of carbonyl (C=O) groups is 2. The van der Waals surface area contributed by atoms with Crippen LogP contribution in [0.15, 0.2) is 42.5 Å². The van der Waals surface area contributed by atoms with Gasteiger partial charge in [-0.25, -0.2) is 4.79 Å². The Bertz CT molecular complexity index is 827. The smallest absolute Gasteiger partial charge is 0.338 e. The molecule has 156 valence electrons. The summed E-state index contributed by atoms with van der Waals surface area (Å²) >= 11 is 0. The number of esters is 1. The standard InChI is InChI=1S/C24H31NO4/c1-6-7-14-28-24(27)19-9-11-20(12-10-19)25-23(26)18(5)29-22-15-17(4)8-13-21(22)16(2)3/h8-13,15-16,18H,6-7,14H2,1-5H3,(H,25,26)/t18-/m0/s1. The Labute approximate surface area is 173 Å². The Morgan fingerprint density at radius 2 is 1.72 bits per heavy atom. The third-order valence-corrected chi connectivity index (χ3v) is 4.58. The molecule has 29 heavy (non-hydrogen) atoms. The molecule has 0 spiro atoms. The van der Waals surface area contributed by atoms with Gasteiger partial charge in [0.2, 0.25) is 0 Å². The van der Waals surface area contributed by atoms with Crippen LogP contribution in [0, 0.1) is 6.92 Å². The molecule has 0 bridgehead atoms. The molecule has 0 aliphatic heterocycles.